The van der Waals surface area contributed by atoms with Crippen LogP contribution in [0.25, 0.3) is 0 Å². The molecule has 2 N–H and O–H groups in total. The monoisotopic (exact) mass is 254 g/mol. The summed E-state index contributed by atoms with van der Waals surface area (Å²) in [7, 11) is -3.16. The molecule has 0 aromatic heterocycles. The molecule has 0 saturated carbocycles. The van der Waals surface area contributed by atoms with Gasteiger partial charge in [0.05, 0.1) is 0 Å². The molecule has 0 aliphatic rings. The summed E-state index contributed by atoms with van der Waals surface area (Å²) >= 11 is 0. The van der Waals surface area contributed by atoms with Gasteiger partial charge in [0.15, 0.2) is 0 Å². The lowest BCUT2D eigenvalue weighted by Crippen LogP contribution is -2.45. The normalized spacial score (nSPS) is 11.8. The van der Waals surface area contributed by atoms with Crippen LogP contribution in [0.15, 0.2) is 24.3 Å². The first kappa shape index (κ1) is 14.4. The maximum atomic E-state index is 9.62. The van der Waals surface area contributed by atoms with Gasteiger partial charge in [-0.15, -0.1) is 0 Å². The summed E-state index contributed by atoms with van der Waals surface area (Å²) < 4.78 is 5.41. The van der Waals surface area contributed by atoms with Crippen LogP contribution in [0.5, 0.6) is 0 Å². The molecule has 0 atom stereocenters. The van der Waals surface area contributed by atoms with Gasteiger partial charge in [0.2, 0.25) is 0 Å². The van der Waals surface area contributed by atoms with Crippen molar-refractivity contribution in [2.24, 2.45) is 0 Å². The minimum Gasteiger partial charge on any atom is -0.408 e. The van der Waals surface area contributed by atoms with Gasteiger partial charge in [0.1, 0.15) is 0 Å². The van der Waals surface area contributed by atoms with E-state index in [0.717, 1.165) is 38.0 Å². The Morgan fingerprint density at radius 3 is 2.65 bits per heavy atom. The lowest BCUT2D eigenvalue weighted by Gasteiger charge is -2.13. The Balaban J connectivity index is 2.44. The van der Waals surface area contributed by atoms with Gasteiger partial charge in [-0.3, -0.25) is 0 Å². The van der Waals surface area contributed by atoms with Crippen molar-refractivity contribution >= 4 is 13.7 Å². The summed E-state index contributed by atoms with van der Waals surface area (Å²) in [6.07, 6.45) is 2.94. The van der Waals surface area contributed by atoms with Crippen LogP contribution in [0, 0.1) is 0 Å². The minimum atomic E-state index is -3.16. The van der Waals surface area contributed by atoms with Crippen molar-refractivity contribution < 1.29 is 14.3 Å². The zero-order chi connectivity index (χ0) is 12.7. The Morgan fingerprint density at radius 2 is 2.00 bits per heavy atom. The van der Waals surface area contributed by atoms with E-state index in [2.05, 4.69) is 6.92 Å². The Labute approximate surface area is 104 Å². The second-order valence-electron chi connectivity index (χ2n) is 4.44. The van der Waals surface area contributed by atoms with E-state index >= 15 is 0 Å². The molecule has 1 rings (SSSR count). The fourth-order valence-electron chi connectivity index (χ4n) is 1.65. The number of ether oxygens (including phenoxy) is 1. The zero-order valence-electron chi connectivity index (χ0n) is 10.6. The Morgan fingerprint density at radius 1 is 1.24 bits per heavy atom. The third kappa shape index (κ3) is 5.45. The third-order valence-electron chi connectivity index (χ3n) is 2.58. The molecule has 0 aliphatic carbocycles. The van der Waals surface area contributed by atoms with E-state index < -0.39 is 8.56 Å². The van der Waals surface area contributed by atoms with Gasteiger partial charge in [-0.1, -0.05) is 31.2 Å². The molecule has 0 spiro atoms. The summed E-state index contributed by atoms with van der Waals surface area (Å²) in [4.78, 5) is 19.2. The van der Waals surface area contributed by atoms with Crippen molar-refractivity contribution in [3.63, 3.8) is 0 Å². The van der Waals surface area contributed by atoms with E-state index in [1.165, 1.54) is 6.55 Å². The molecular formula is C13H22O3Si. The topological polar surface area (TPSA) is 49.7 Å². The number of hydrogen-bond donors (Lipinski definition) is 2. The molecule has 0 aliphatic heterocycles. The maximum Gasteiger partial charge on any atom is 0.363 e. The standard InChI is InChI=1S/C13H22O3Si/c1-3-9-16-10-5-7-12-6-4-8-13(11-12)17(2,14)15/h4,6,8,11,14-15H,3,5,7,9-10H2,1-2H3. The molecule has 96 valence electrons. The number of aryl methyl sites for hydroxylation is 1. The molecule has 0 bridgehead atoms. The van der Waals surface area contributed by atoms with E-state index in [1.807, 2.05) is 18.2 Å². The van der Waals surface area contributed by atoms with Crippen molar-refractivity contribution in [3.8, 4) is 0 Å². The van der Waals surface area contributed by atoms with Crippen LogP contribution in [-0.2, 0) is 11.2 Å². The first-order valence-electron chi connectivity index (χ1n) is 6.16. The zero-order valence-corrected chi connectivity index (χ0v) is 11.6. The average molecular weight is 254 g/mol. The highest BCUT2D eigenvalue weighted by Gasteiger charge is 2.24. The van der Waals surface area contributed by atoms with Gasteiger partial charge >= 0.3 is 8.56 Å². The highest BCUT2D eigenvalue weighted by Crippen LogP contribution is 2.04. The van der Waals surface area contributed by atoms with E-state index in [4.69, 9.17) is 4.74 Å². The smallest absolute Gasteiger partial charge is 0.363 e. The molecule has 17 heavy (non-hydrogen) atoms. The Bertz CT molecular complexity index is 334. The van der Waals surface area contributed by atoms with Crippen LogP contribution in [0.2, 0.25) is 6.55 Å². The summed E-state index contributed by atoms with van der Waals surface area (Å²) in [6.45, 7) is 5.19. The Hall–Kier alpha value is -0.683. The number of hydrogen-bond acceptors (Lipinski definition) is 3. The second kappa shape index (κ2) is 6.91. The first-order chi connectivity index (χ1) is 8.04. The highest BCUT2D eigenvalue weighted by molar-refractivity contribution is 6.77. The van der Waals surface area contributed by atoms with Gasteiger partial charge < -0.3 is 14.3 Å². The Kier molecular flexibility index (Phi) is 5.84. The van der Waals surface area contributed by atoms with Gasteiger partial charge in [-0.2, -0.15) is 0 Å². The van der Waals surface area contributed by atoms with Gasteiger partial charge in [-0.25, -0.2) is 0 Å². The van der Waals surface area contributed by atoms with E-state index in [0.29, 0.717) is 5.19 Å². The van der Waals surface area contributed by atoms with Gasteiger partial charge in [-0.05, 0) is 36.6 Å². The van der Waals surface area contributed by atoms with Crippen LogP contribution in [0.1, 0.15) is 25.3 Å². The van der Waals surface area contributed by atoms with Crippen LogP contribution in [0.3, 0.4) is 0 Å². The van der Waals surface area contributed by atoms with Crippen molar-refractivity contribution in [1.82, 2.24) is 0 Å². The predicted molar refractivity (Wildman–Crippen MR) is 71.6 cm³/mol. The summed E-state index contributed by atoms with van der Waals surface area (Å²) in [5.41, 5.74) is 1.14. The summed E-state index contributed by atoms with van der Waals surface area (Å²) in [5, 5.41) is 0.671. The largest absolute Gasteiger partial charge is 0.408 e. The molecular weight excluding hydrogens is 232 g/mol. The number of benzene rings is 1. The maximum absolute atomic E-state index is 9.62. The van der Waals surface area contributed by atoms with Crippen molar-refractivity contribution in [1.29, 1.82) is 0 Å². The SMILES string of the molecule is CCCOCCCc1cccc([Si](C)(O)O)c1. The molecule has 0 fully saturated rings. The molecule has 1 aromatic rings. The van der Waals surface area contributed by atoms with Crippen molar-refractivity contribution in [3.05, 3.63) is 29.8 Å². The fourth-order valence-corrected chi connectivity index (χ4v) is 2.52. The van der Waals surface area contributed by atoms with Crippen molar-refractivity contribution in [2.75, 3.05) is 13.2 Å². The first-order valence-corrected chi connectivity index (χ1v) is 8.55. The average Bonchev–Trinajstić information content (AvgIpc) is 2.28. The molecule has 0 unspecified atom stereocenters. The minimum absolute atomic E-state index is 0.671. The lowest BCUT2D eigenvalue weighted by molar-refractivity contribution is 0.132. The highest BCUT2D eigenvalue weighted by atomic mass is 28.4. The molecule has 0 saturated heterocycles. The quantitative estimate of drug-likeness (QED) is 0.570. The van der Waals surface area contributed by atoms with Gasteiger partial charge in [0.25, 0.3) is 0 Å². The third-order valence-corrected chi connectivity index (χ3v) is 3.98. The fraction of sp³-hybridized carbons (Fsp3) is 0.538. The second-order valence-corrected chi connectivity index (χ2v) is 7.06. The van der Waals surface area contributed by atoms with E-state index in [1.54, 1.807) is 6.07 Å². The molecule has 0 amide bonds. The number of rotatable bonds is 7. The van der Waals surface area contributed by atoms with E-state index in [-0.39, 0.29) is 0 Å². The van der Waals surface area contributed by atoms with Gasteiger partial charge in [0, 0.05) is 13.2 Å². The molecule has 1 aromatic carbocycles. The summed E-state index contributed by atoms with van der Waals surface area (Å²) in [5.74, 6) is 0. The predicted octanol–water partition coefficient (Wildman–Crippen LogP) is 1.31. The van der Waals surface area contributed by atoms with Crippen LogP contribution < -0.4 is 5.19 Å². The molecule has 3 nitrogen and oxygen atoms in total. The van der Waals surface area contributed by atoms with E-state index in [9.17, 15) is 9.59 Å². The summed E-state index contributed by atoms with van der Waals surface area (Å²) in [6, 6.07) is 7.58. The molecule has 4 heteroatoms. The van der Waals surface area contributed by atoms with Crippen molar-refractivity contribution in [2.45, 2.75) is 32.7 Å². The van der Waals surface area contributed by atoms with Crippen LogP contribution >= 0.6 is 0 Å². The lowest BCUT2D eigenvalue weighted by atomic mass is 10.1. The van der Waals surface area contributed by atoms with Crippen LogP contribution in [-0.4, -0.2) is 31.4 Å². The molecule has 0 heterocycles. The molecule has 0 radical (unpaired) electrons. The van der Waals surface area contributed by atoms with Crippen LogP contribution in [0.4, 0.5) is 0 Å².